The van der Waals surface area contributed by atoms with Gasteiger partial charge in [0, 0.05) is 4.90 Å². The minimum atomic E-state index is 0.0840. The first-order valence-corrected chi connectivity index (χ1v) is 8.63. The first kappa shape index (κ1) is 16.6. The van der Waals surface area contributed by atoms with Crippen LogP contribution in [0, 0.1) is 13.8 Å². The molecule has 0 bridgehead atoms. The third kappa shape index (κ3) is 4.63. The second-order valence-electron chi connectivity index (χ2n) is 5.49. The van der Waals surface area contributed by atoms with Crippen molar-refractivity contribution in [2.45, 2.75) is 38.1 Å². The SMILES string of the molecule is CCC(NC(=O)CSc1ccccc1C)c1ccc(C)cc1. The minimum absolute atomic E-state index is 0.0840. The van der Waals surface area contributed by atoms with Crippen LogP contribution in [-0.4, -0.2) is 11.7 Å². The average molecular weight is 313 g/mol. The summed E-state index contributed by atoms with van der Waals surface area (Å²) in [5, 5.41) is 3.13. The Morgan fingerprint density at radius 1 is 1.09 bits per heavy atom. The maximum Gasteiger partial charge on any atom is 0.230 e. The topological polar surface area (TPSA) is 29.1 Å². The van der Waals surface area contributed by atoms with Crippen LogP contribution in [0.15, 0.2) is 53.4 Å². The van der Waals surface area contributed by atoms with Gasteiger partial charge >= 0.3 is 0 Å². The Labute approximate surface area is 137 Å². The second-order valence-corrected chi connectivity index (χ2v) is 6.51. The second kappa shape index (κ2) is 8.04. The van der Waals surface area contributed by atoms with Crippen LogP contribution in [0.5, 0.6) is 0 Å². The molecule has 0 fully saturated rings. The molecule has 2 aromatic rings. The number of amides is 1. The van der Waals surface area contributed by atoms with Gasteiger partial charge in [-0.3, -0.25) is 4.79 Å². The largest absolute Gasteiger partial charge is 0.349 e. The van der Waals surface area contributed by atoms with Crippen molar-refractivity contribution < 1.29 is 4.79 Å². The van der Waals surface area contributed by atoms with Crippen LogP contribution in [0.25, 0.3) is 0 Å². The number of benzene rings is 2. The van der Waals surface area contributed by atoms with Crippen LogP contribution in [0.2, 0.25) is 0 Å². The number of hydrogen-bond donors (Lipinski definition) is 1. The minimum Gasteiger partial charge on any atom is -0.349 e. The van der Waals surface area contributed by atoms with Gasteiger partial charge in [0.15, 0.2) is 0 Å². The van der Waals surface area contributed by atoms with Crippen LogP contribution in [-0.2, 0) is 4.79 Å². The molecule has 1 amide bonds. The fourth-order valence-electron chi connectivity index (χ4n) is 2.32. The molecule has 2 aromatic carbocycles. The van der Waals surface area contributed by atoms with E-state index in [0.717, 1.165) is 6.42 Å². The van der Waals surface area contributed by atoms with Crippen LogP contribution in [0.3, 0.4) is 0 Å². The third-order valence-electron chi connectivity index (χ3n) is 3.68. The smallest absolute Gasteiger partial charge is 0.230 e. The monoisotopic (exact) mass is 313 g/mol. The summed E-state index contributed by atoms with van der Waals surface area (Å²) in [6.07, 6.45) is 0.893. The number of thioether (sulfide) groups is 1. The lowest BCUT2D eigenvalue weighted by Gasteiger charge is -2.17. The van der Waals surface area contributed by atoms with E-state index in [1.807, 2.05) is 12.1 Å². The Kier molecular flexibility index (Phi) is 6.08. The van der Waals surface area contributed by atoms with Gasteiger partial charge in [-0.2, -0.15) is 0 Å². The number of hydrogen-bond acceptors (Lipinski definition) is 2. The average Bonchev–Trinajstić information content (AvgIpc) is 2.53. The van der Waals surface area contributed by atoms with Crippen molar-refractivity contribution in [2.75, 3.05) is 5.75 Å². The summed E-state index contributed by atoms with van der Waals surface area (Å²) in [6.45, 7) is 6.24. The molecule has 1 atom stereocenters. The molecule has 1 N–H and O–H groups in total. The Balaban J connectivity index is 1.92. The molecule has 0 spiro atoms. The molecular formula is C19H23NOS. The summed E-state index contributed by atoms with van der Waals surface area (Å²) < 4.78 is 0. The summed E-state index contributed by atoms with van der Waals surface area (Å²) in [5.74, 6) is 0.536. The van der Waals surface area contributed by atoms with Crippen LogP contribution in [0.4, 0.5) is 0 Å². The van der Waals surface area contributed by atoms with Gasteiger partial charge in [-0.1, -0.05) is 55.0 Å². The fraction of sp³-hybridized carbons (Fsp3) is 0.316. The van der Waals surface area contributed by atoms with Crippen LogP contribution >= 0.6 is 11.8 Å². The number of carbonyl (C=O) groups is 1. The fourth-order valence-corrected chi connectivity index (χ4v) is 3.16. The predicted molar refractivity (Wildman–Crippen MR) is 94.3 cm³/mol. The highest BCUT2D eigenvalue weighted by atomic mass is 32.2. The summed E-state index contributed by atoms with van der Waals surface area (Å²) in [7, 11) is 0. The maximum atomic E-state index is 12.2. The van der Waals surface area contributed by atoms with Crippen molar-refractivity contribution in [3.8, 4) is 0 Å². The lowest BCUT2D eigenvalue weighted by atomic mass is 10.0. The van der Waals surface area contributed by atoms with E-state index >= 15 is 0 Å². The van der Waals surface area contributed by atoms with Gasteiger partial charge < -0.3 is 5.32 Å². The highest BCUT2D eigenvalue weighted by molar-refractivity contribution is 8.00. The van der Waals surface area contributed by atoms with Crippen molar-refractivity contribution >= 4 is 17.7 Å². The number of rotatable bonds is 6. The van der Waals surface area contributed by atoms with Crippen molar-refractivity contribution in [3.05, 3.63) is 65.2 Å². The molecule has 0 aliphatic rings. The van der Waals surface area contributed by atoms with E-state index in [1.54, 1.807) is 11.8 Å². The van der Waals surface area contributed by atoms with E-state index in [-0.39, 0.29) is 11.9 Å². The predicted octanol–water partition coefficient (Wildman–Crippen LogP) is 4.66. The first-order valence-electron chi connectivity index (χ1n) is 7.64. The Morgan fingerprint density at radius 3 is 2.41 bits per heavy atom. The lowest BCUT2D eigenvalue weighted by Crippen LogP contribution is -2.29. The van der Waals surface area contributed by atoms with Crippen molar-refractivity contribution in [2.24, 2.45) is 0 Å². The number of carbonyl (C=O) groups excluding carboxylic acids is 1. The molecular weight excluding hydrogens is 290 g/mol. The van der Waals surface area contributed by atoms with E-state index in [9.17, 15) is 4.79 Å². The summed E-state index contributed by atoms with van der Waals surface area (Å²) in [6, 6.07) is 16.6. The summed E-state index contributed by atoms with van der Waals surface area (Å²) in [5.41, 5.74) is 3.62. The Hall–Kier alpha value is -1.74. The van der Waals surface area contributed by atoms with Gasteiger partial charge in [0.25, 0.3) is 0 Å². The molecule has 0 aromatic heterocycles. The standard InChI is InChI=1S/C19H23NOS/c1-4-17(16-11-9-14(2)10-12-16)20-19(21)13-22-18-8-6-5-7-15(18)3/h5-12,17H,4,13H2,1-3H3,(H,20,21). The van der Waals surface area contributed by atoms with Gasteiger partial charge in [-0.25, -0.2) is 0 Å². The number of aryl methyl sites for hydroxylation is 2. The molecule has 2 nitrogen and oxygen atoms in total. The van der Waals surface area contributed by atoms with E-state index < -0.39 is 0 Å². The molecule has 0 radical (unpaired) electrons. The van der Waals surface area contributed by atoms with E-state index in [0.29, 0.717) is 5.75 Å². The van der Waals surface area contributed by atoms with E-state index in [1.165, 1.54) is 21.6 Å². The van der Waals surface area contributed by atoms with Gasteiger partial charge in [-0.15, -0.1) is 11.8 Å². The van der Waals surface area contributed by atoms with Gasteiger partial charge in [-0.05, 0) is 37.5 Å². The lowest BCUT2D eigenvalue weighted by molar-refractivity contribution is -0.119. The zero-order chi connectivity index (χ0) is 15.9. The molecule has 0 saturated carbocycles. The molecule has 1 unspecified atom stereocenters. The molecule has 0 saturated heterocycles. The molecule has 2 rings (SSSR count). The van der Waals surface area contributed by atoms with Crippen LogP contribution < -0.4 is 5.32 Å². The highest BCUT2D eigenvalue weighted by Crippen LogP contribution is 2.22. The van der Waals surface area contributed by atoms with Gasteiger partial charge in [0.1, 0.15) is 0 Å². The van der Waals surface area contributed by atoms with E-state index in [4.69, 9.17) is 0 Å². The molecule has 0 aliphatic heterocycles. The zero-order valence-electron chi connectivity index (χ0n) is 13.4. The molecule has 0 aliphatic carbocycles. The van der Waals surface area contributed by atoms with Gasteiger partial charge in [0.05, 0.1) is 11.8 Å². The molecule has 3 heteroatoms. The summed E-state index contributed by atoms with van der Waals surface area (Å²) in [4.78, 5) is 13.4. The van der Waals surface area contributed by atoms with E-state index in [2.05, 4.69) is 62.5 Å². The number of nitrogens with one attached hydrogen (secondary N) is 1. The normalized spacial score (nSPS) is 12.0. The Morgan fingerprint density at radius 2 is 1.77 bits per heavy atom. The molecule has 22 heavy (non-hydrogen) atoms. The Bertz CT molecular complexity index is 622. The van der Waals surface area contributed by atoms with Crippen molar-refractivity contribution in [1.82, 2.24) is 5.32 Å². The van der Waals surface area contributed by atoms with Crippen LogP contribution in [0.1, 0.15) is 36.1 Å². The highest BCUT2D eigenvalue weighted by Gasteiger charge is 2.13. The first-order chi connectivity index (χ1) is 10.6. The third-order valence-corrected chi connectivity index (χ3v) is 4.85. The maximum absolute atomic E-state index is 12.2. The molecule has 0 heterocycles. The van der Waals surface area contributed by atoms with Gasteiger partial charge in [0.2, 0.25) is 5.91 Å². The molecule has 116 valence electrons. The summed E-state index contributed by atoms with van der Waals surface area (Å²) >= 11 is 1.59. The quantitative estimate of drug-likeness (QED) is 0.786. The van der Waals surface area contributed by atoms with Crippen molar-refractivity contribution in [3.63, 3.8) is 0 Å². The van der Waals surface area contributed by atoms with Crippen molar-refractivity contribution in [1.29, 1.82) is 0 Å². The zero-order valence-corrected chi connectivity index (χ0v) is 14.2.